The molecule has 2 aliphatic rings. The molecular formula is C19H26BrN7O. The minimum Gasteiger partial charge on any atom is -0.322 e. The van der Waals surface area contributed by atoms with Crippen molar-refractivity contribution in [3.8, 4) is 0 Å². The fraction of sp³-hybridized carbons (Fsp3) is 0.579. The van der Waals surface area contributed by atoms with Crippen molar-refractivity contribution < 1.29 is 4.79 Å². The minimum atomic E-state index is -0.374. The Labute approximate surface area is 173 Å². The molecule has 8 nitrogen and oxygen atoms in total. The average molecular weight is 448 g/mol. The first-order chi connectivity index (χ1) is 13.5. The number of nitrogens with one attached hydrogen (secondary N) is 1. The average Bonchev–Trinajstić information content (AvgIpc) is 3.40. The van der Waals surface area contributed by atoms with Crippen molar-refractivity contribution in [3.63, 3.8) is 0 Å². The summed E-state index contributed by atoms with van der Waals surface area (Å²) in [5.74, 6) is 0.877. The van der Waals surface area contributed by atoms with Gasteiger partial charge >= 0.3 is 6.03 Å². The maximum atomic E-state index is 12.9. The molecule has 2 heterocycles. The van der Waals surface area contributed by atoms with Gasteiger partial charge in [-0.2, -0.15) is 0 Å². The number of likely N-dealkylation sites (tertiary alicyclic amines) is 1. The summed E-state index contributed by atoms with van der Waals surface area (Å²) in [4.78, 5) is 16.9. The zero-order valence-electron chi connectivity index (χ0n) is 16.3. The number of likely N-dealkylation sites (N-methyl/N-ethyl adjacent to an activating group) is 1. The normalized spacial score (nSPS) is 22.9. The van der Waals surface area contributed by atoms with E-state index in [2.05, 4.69) is 41.7 Å². The van der Waals surface area contributed by atoms with E-state index in [0.717, 1.165) is 35.2 Å². The molecule has 150 valence electrons. The molecule has 2 fully saturated rings. The molecule has 1 atom stereocenters. The summed E-state index contributed by atoms with van der Waals surface area (Å²) in [5, 5.41) is 15.7. The molecule has 9 heteroatoms. The number of aromatic nitrogens is 4. The molecule has 1 saturated heterocycles. The quantitative estimate of drug-likeness (QED) is 0.777. The molecule has 1 aliphatic carbocycles. The molecule has 1 aromatic carbocycles. The third kappa shape index (κ3) is 3.53. The van der Waals surface area contributed by atoms with E-state index in [9.17, 15) is 4.79 Å². The van der Waals surface area contributed by atoms with Gasteiger partial charge in [0.15, 0.2) is 5.82 Å². The molecule has 4 rings (SSSR count). The van der Waals surface area contributed by atoms with Crippen LogP contribution in [0, 0.1) is 0 Å². The Kier molecular flexibility index (Phi) is 5.37. The number of benzene rings is 1. The van der Waals surface area contributed by atoms with Gasteiger partial charge in [-0.15, -0.1) is 5.10 Å². The first-order valence-corrected chi connectivity index (χ1v) is 10.6. The number of carbonyl (C=O) groups is 1. The highest BCUT2D eigenvalue weighted by Crippen LogP contribution is 2.38. The fourth-order valence-corrected chi connectivity index (χ4v) is 4.78. The number of hydrogen-bond donors (Lipinski definition) is 1. The molecule has 28 heavy (non-hydrogen) atoms. The second-order valence-electron chi connectivity index (χ2n) is 7.92. The van der Waals surface area contributed by atoms with Crippen LogP contribution in [0.1, 0.15) is 44.0 Å². The van der Waals surface area contributed by atoms with Crippen LogP contribution in [-0.2, 0) is 5.54 Å². The maximum absolute atomic E-state index is 12.9. The van der Waals surface area contributed by atoms with E-state index in [0.29, 0.717) is 19.1 Å². The largest absolute Gasteiger partial charge is 0.322 e. The molecule has 0 spiro atoms. The van der Waals surface area contributed by atoms with Crippen molar-refractivity contribution in [2.45, 2.75) is 43.7 Å². The lowest BCUT2D eigenvalue weighted by Crippen LogP contribution is -2.47. The first kappa shape index (κ1) is 19.3. The number of nitrogens with zero attached hydrogens (tertiary/aromatic N) is 6. The van der Waals surface area contributed by atoms with Gasteiger partial charge in [-0.25, -0.2) is 9.48 Å². The highest BCUT2D eigenvalue weighted by Gasteiger charge is 2.48. The van der Waals surface area contributed by atoms with Crippen molar-refractivity contribution in [2.24, 2.45) is 0 Å². The summed E-state index contributed by atoms with van der Waals surface area (Å²) in [6.45, 7) is 1.22. The number of tetrazole rings is 1. The molecule has 1 saturated carbocycles. The molecule has 1 aliphatic heterocycles. The van der Waals surface area contributed by atoms with E-state index in [-0.39, 0.29) is 11.6 Å². The second kappa shape index (κ2) is 7.79. The number of carbonyl (C=O) groups excluding carboxylic acids is 1. The highest BCUT2D eigenvalue weighted by atomic mass is 79.9. The van der Waals surface area contributed by atoms with Crippen LogP contribution in [-0.4, -0.2) is 63.2 Å². The SMILES string of the molecule is CN(C)C1(c2nnnn2C2CCCC2)CCN(C(=O)Nc2cccc(Br)c2)C1. The minimum absolute atomic E-state index is 0.0956. The first-order valence-electron chi connectivity index (χ1n) is 9.77. The Bertz CT molecular complexity index is 848. The number of hydrogen-bond acceptors (Lipinski definition) is 5. The Balaban J connectivity index is 1.55. The van der Waals surface area contributed by atoms with Gasteiger partial charge in [0.1, 0.15) is 5.54 Å². The number of halogens is 1. The zero-order valence-corrected chi connectivity index (χ0v) is 17.9. The summed E-state index contributed by atoms with van der Waals surface area (Å²) < 4.78 is 2.95. The standard InChI is InChI=1S/C19H26BrN7O/c1-25(2)19(17-22-23-24-27(17)16-8-3-4-9-16)10-11-26(13-19)18(28)21-15-7-5-6-14(20)12-15/h5-7,12,16H,3-4,8-11,13H2,1-2H3,(H,21,28). The molecule has 2 amide bonds. The Morgan fingerprint density at radius 3 is 2.82 bits per heavy atom. The lowest BCUT2D eigenvalue weighted by Gasteiger charge is -2.35. The van der Waals surface area contributed by atoms with E-state index in [1.54, 1.807) is 0 Å². The van der Waals surface area contributed by atoms with Crippen LogP contribution in [0.3, 0.4) is 0 Å². The van der Waals surface area contributed by atoms with E-state index in [4.69, 9.17) is 0 Å². The third-order valence-electron chi connectivity index (χ3n) is 6.05. The van der Waals surface area contributed by atoms with Crippen molar-refractivity contribution in [2.75, 3.05) is 32.5 Å². The van der Waals surface area contributed by atoms with Gasteiger partial charge in [0.25, 0.3) is 0 Å². The third-order valence-corrected chi connectivity index (χ3v) is 6.54. The summed E-state index contributed by atoms with van der Waals surface area (Å²) in [5.41, 5.74) is 0.401. The smallest absolute Gasteiger partial charge is 0.321 e. The fourth-order valence-electron chi connectivity index (χ4n) is 4.38. The zero-order chi connectivity index (χ0) is 19.7. The van der Waals surface area contributed by atoms with Crippen molar-refractivity contribution in [3.05, 3.63) is 34.6 Å². The number of anilines is 1. The lowest BCUT2D eigenvalue weighted by molar-refractivity contribution is 0.137. The molecule has 0 bridgehead atoms. The Hall–Kier alpha value is -2.00. The Morgan fingerprint density at radius 1 is 1.32 bits per heavy atom. The van der Waals surface area contributed by atoms with Crippen molar-refractivity contribution in [1.82, 2.24) is 30.0 Å². The van der Waals surface area contributed by atoms with Crippen molar-refractivity contribution >= 4 is 27.6 Å². The van der Waals surface area contributed by atoms with Gasteiger partial charge in [0.05, 0.1) is 6.04 Å². The summed E-state index contributed by atoms with van der Waals surface area (Å²) in [7, 11) is 4.09. The van der Waals surface area contributed by atoms with Gasteiger partial charge in [-0.3, -0.25) is 4.90 Å². The number of amides is 2. The molecule has 1 unspecified atom stereocenters. The second-order valence-corrected chi connectivity index (χ2v) is 8.84. The van der Waals surface area contributed by atoms with Gasteiger partial charge in [-0.1, -0.05) is 34.8 Å². The predicted octanol–water partition coefficient (Wildman–Crippen LogP) is 3.25. The van der Waals surface area contributed by atoms with E-state index >= 15 is 0 Å². The molecule has 0 radical (unpaired) electrons. The number of urea groups is 1. The highest BCUT2D eigenvalue weighted by molar-refractivity contribution is 9.10. The van der Waals surface area contributed by atoms with Gasteiger partial charge in [-0.05, 0) is 62.0 Å². The maximum Gasteiger partial charge on any atom is 0.321 e. The van der Waals surface area contributed by atoms with Crippen LogP contribution < -0.4 is 5.32 Å². The monoisotopic (exact) mass is 447 g/mol. The van der Waals surface area contributed by atoms with Crippen LogP contribution in [0.25, 0.3) is 0 Å². The van der Waals surface area contributed by atoms with Gasteiger partial charge in [0.2, 0.25) is 0 Å². The van der Waals surface area contributed by atoms with Gasteiger partial charge in [0, 0.05) is 23.2 Å². The van der Waals surface area contributed by atoms with Crippen LogP contribution in [0.2, 0.25) is 0 Å². The van der Waals surface area contributed by atoms with E-state index < -0.39 is 0 Å². The summed E-state index contributed by atoms with van der Waals surface area (Å²) in [6, 6.07) is 7.90. The Morgan fingerprint density at radius 2 is 2.11 bits per heavy atom. The van der Waals surface area contributed by atoms with Crippen LogP contribution in [0.5, 0.6) is 0 Å². The van der Waals surface area contributed by atoms with Gasteiger partial charge < -0.3 is 10.2 Å². The van der Waals surface area contributed by atoms with Crippen LogP contribution >= 0.6 is 15.9 Å². The van der Waals surface area contributed by atoms with E-state index in [1.807, 2.05) is 47.9 Å². The molecule has 1 N–H and O–H groups in total. The van der Waals surface area contributed by atoms with Crippen molar-refractivity contribution in [1.29, 1.82) is 0 Å². The topological polar surface area (TPSA) is 79.2 Å². The molecule has 1 aromatic heterocycles. The van der Waals surface area contributed by atoms with E-state index in [1.165, 1.54) is 12.8 Å². The summed E-state index contributed by atoms with van der Waals surface area (Å²) in [6.07, 6.45) is 5.49. The predicted molar refractivity (Wildman–Crippen MR) is 110 cm³/mol. The van der Waals surface area contributed by atoms with Crippen LogP contribution in [0.15, 0.2) is 28.7 Å². The molecular weight excluding hydrogens is 422 g/mol. The molecule has 2 aromatic rings. The lowest BCUT2D eigenvalue weighted by atomic mass is 9.95. The summed E-state index contributed by atoms with van der Waals surface area (Å²) >= 11 is 3.44. The van der Waals surface area contributed by atoms with Crippen LogP contribution in [0.4, 0.5) is 10.5 Å². The number of rotatable bonds is 4.